The average molecular weight is 440 g/mol. The van der Waals surface area contributed by atoms with Gasteiger partial charge in [-0.1, -0.05) is 12.1 Å². The second-order valence-corrected chi connectivity index (χ2v) is 8.66. The summed E-state index contributed by atoms with van der Waals surface area (Å²) in [4.78, 5) is 15.1. The van der Waals surface area contributed by atoms with Gasteiger partial charge in [0.2, 0.25) is 0 Å². The van der Waals surface area contributed by atoms with Gasteiger partial charge >= 0.3 is 0 Å². The minimum absolute atomic E-state index is 0.0480. The van der Waals surface area contributed by atoms with Crippen molar-refractivity contribution in [1.82, 2.24) is 20.4 Å². The first-order chi connectivity index (χ1) is 15.2. The van der Waals surface area contributed by atoms with Crippen molar-refractivity contribution in [2.45, 2.75) is 25.4 Å². The highest BCUT2D eigenvalue weighted by Crippen LogP contribution is 2.27. The molecule has 0 radical (unpaired) electrons. The lowest BCUT2D eigenvalue weighted by Gasteiger charge is -2.15. The molecule has 1 aliphatic heterocycles. The molecule has 3 heterocycles. The van der Waals surface area contributed by atoms with E-state index in [2.05, 4.69) is 25.3 Å². The Morgan fingerprint density at radius 1 is 1.19 bits per heavy atom. The molecule has 1 saturated heterocycles. The molecule has 1 aliphatic rings. The number of hydrogen-bond acceptors (Lipinski definition) is 9. The molecule has 162 valence electrons. The van der Waals surface area contributed by atoms with Crippen LogP contribution in [0.1, 0.15) is 28.1 Å². The Balaban J connectivity index is 1.35. The van der Waals surface area contributed by atoms with E-state index in [1.165, 1.54) is 18.4 Å². The van der Waals surface area contributed by atoms with E-state index >= 15 is 0 Å². The predicted molar refractivity (Wildman–Crippen MR) is 117 cm³/mol. The first-order valence-corrected chi connectivity index (χ1v) is 11.0. The van der Waals surface area contributed by atoms with Gasteiger partial charge in [0.25, 0.3) is 0 Å². The van der Waals surface area contributed by atoms with Crippen LogP contribution in [0.3, 0.4) is 0 Å². The first kappa shape index (κ1) is 21.3. The van der Waals surface area contributed by atoms with Gasteiger partial charge in [-0.05, 0) is 42.2 Å². The summed E-state index contributed by atoms with van der Waals surface area (Å²) >= 11 is 1.51. The third-order valence-electron chi connectivity index (χ3n) is 5.39. The van der Waals surface area contributed by atoms with Gasteiger partial charge in [0.1, 0.15) is 21.9 Å². The highest BCUT2D eigenvalue weighted by molar-refractivity contribution is 7.11. The highest BCUT2D eigenvalue weighted by atomic mass is 32.1. The summed E-state index contributed by atoms with van der Waals surface area (Å²) in [6.07, 6.45) is 3.16. The number of benzene rings is 1. The van der Waals surface area contributed by atoms with Gasteiger partial charge in [0.15, 0.2) is 11.6 Å². The van der Waals surface area contributed by atoms with Crippen LogP contribution in [-0.2, 0) is 22.4 Å². The van der Waals surface area contributed by atoms with E-state index in [9.17, 15) is 4.79 Å². The van der Waals surface area contributed by atoms with E-state index in [1.807, 2.05) is 36.4 Å². The molecule has 2 aromatic heterocycles. The Kier molecular flexibility index (Phi) is 6.83. The third-order valence-corrected chi connectivity index (χ3v) is 6.34. The van der Waals surface area contributed by atoms with Crippen LogP contribution in [0.4, 0.5) is 5.82 Å². The Morgan fingerprint density at radius 3 is 2.84 bits per heavy atom. The highest BCUT2D eigenvalue weighted by Gasteiger charge is 2.26. The number of nitrogens with zero attached hydrogens (tertiary/aromatic N) is 5. The van der Waals surface area contributed by atoms with Crippen LogP contribution in [0.15, 0.2) is 42.6 Å². The lowest BCUT2D eigenvalue weighted by atomic mass is 10.0. The zero-order valence-corrected chi connectivity index (χ0v) is 18.4. The normalized spacial score (nSPS) is 17.0. The number of hydrogen-bond donors (Lipinski definition) is 0. The summed E-state index contributed by atoms with van der Waals surface area (Å²) in [6, 6.07) is 11.3. The zero-order chi connectivity index (χ0) is 21.6. The molecule has 0 saturated carbocycles. The van der Waals surface area contributed by atoms with Crippen molar-refractivity contribution >= 4 is 22.9 Å². The molecule has 3 aromatic rings. The van der Waals surface area contributed by atoms with Crippen LogP contribution in [-0.4, -0.2) is 53.5 Å². The second kappa shape index (κ2) is 9.93. The number of ketones is 1. The molecule has 0 bridgehead atoms. The van der Waals surface area contributed by atoms with Gasteiger partial charge in [-0.25, -0.2) is 0 Å². The van der Waals surface area contributed by atoms with Crippen LogP contribution in [0.25, 0.3) is 0 Å². The summed E-state index contributed by atoms with van der Waals surface area (Å²) < 4.78 is 10.7. The fourth-order valence-corrected chi connectivity index (χ4v) is 4.83. The molecule has 8 nitrogen and oxygen atoms in total. The molecule has 0 unspecified atom stereocenters. The van der Waals surface area contributed by atoms with Gasteiger partial charge < -0.3 is 14.4 Å². The standard InChI is InChI=1S/C22H25N5O3S/c1-29-17-6-3-5-16(12-17)22(30-2)18(28)13-21-26-25-20(31-21)11-15-8-10-27(14-15)19-7-4-9-23-24-19/h3-7,9,12,15,22H,8,10-11,13-14H2,1-2H3/t15-,22+/m0/s1. The predicted octanol–water partition coefficient (Wildman–Crippen LogP) is 2.91. The number of anilines is 1. The molecule has 9 heteroatoms. The maximum atomic E-state index is 12.9. The smallest absolute Gasteiger partial charge is 0.172 e. The number of Topliss-reactive ketones (excluding diaryl/α,β-unsaturated/α-hetero) is 1. The molecule has 0 amide bonds. The van der Waals surface area contributed by atoms with Crippen molar-refractivity contribution in [2.75, 3.05) is 32.2 Å². The molecule has 0 aliphatic carbocycles. The molecule has 1 aromatic carbocycles. The largest absolute Gasteiger partial charge is 0.497 e. The van der Waals surface area contributed by atoms with Crippen molar-refractivity contribution in [1.29, 1.82) is 0 Å². The van der Waals surface area contributed by atoms with E-state index in [0.717, 1.165) is 42.3 Å². The molecule has 2 atom stereocenters. The van der Waals surface area contributed by atoms with Crippen LogP contribution in [0.2, 0.25) is 0 Å². The minimum atomic E-state index is -0.655. The molecular formula is C22H25N5O3S. The summed E-state index contributed by atoms with van der Waals surface area (Å²) in [5.74, 6) is 2.05. The molecule has 1 fully saturated rings. The van der Waals surface area contributed by atoms with Gasteiger partial charge in [-0.3, -0.25) is 4.79 Å². The quantitative estimate of drug-likeness (QED) is 0.503. The number of methoxy groups -OCH3 is 2. The fourth-order valence-electron chi connectivity index (χ4n) is 3.86. The minimum Gasteiger partial charge on any atom is -0.497 e. The zero-order valence-electron chi connectivity index (χ0n) is 17.6. The van der Waals surface area contributed by atoms with E-state index < -0.39 is 6.10 Å². The van der Waals surface area contributed by atoms with E-state index in [1.54, 1.807) is 13.3 Å². The third kappa shape index (κ3) is 5.23. The summed E-state index contributed by atoms with van der Waals surface area (Å²) in [6.45, 7) is 1.89. The molecular weight excluding hydrogens is 414 g/mol. The fraction of sp³-hybridized carbons (Fsp3) is 0.409. The van der Waals surface area contributed by atoms with E-state index in [-0.39, 0.29) is 12.2 Å². The lowest BCUT2D eigenvalue weighted by Crippen LogP contribution is -2.21. The van der Waals surface area contributed by atoms with E-state index in [0.29, 0.717) is 16.7 Å². The monoisotopic (exact) mass is 439 g/mol. The van der Waals surface area contributed by atoms with Gasteiger partial charge in [0.05, 0.1) is 13.5 Å². The summed E-state index contributed by atoms with van der Waals surface area (Å²) in [7, 11) is 3.14. The summed E-state index contributed by atoms with van der Waals surface area (Å²) in [5, 5.41) is 18.4. The summed E-state index contributed by atoms with van der Waals surface area (Å²) in [5.41, 5.74) is 0.770. The molecule has 0 N–H and O–H groups in total. The van der Waals surface area contributed by atoms with Crippen LogP contribution in [0.5, 0.6) is 5.75 Å². The average Bonchev–Trinajstić information content (AvgIpc) is 3.45. The van der Waals surface area contributed by atoms with Crippen LogP contribution < -0.4 is 9.64 Å². The number of ether oxygens (including phenoxy) is 2. The SMILES string of the molecule is COc1cccc([C@@H](OC)C(=O)Cc2nnc(C[C@@H]3CCN(c4cccnn4)C3)s2)c1. The van der Waals surface area contributed by atoms with Gasteiger partial charge in [0, 0.05) is 32.8 Å². The van der Waals surface area contributed by atoms with Crippen LogP contribution >= 0.6 is 11.3 Å². The van der Waals surface area contributed by atoms with Crippen LogP contribution in [0, 0.1) is 5.92 Å². The Morgan fingerprint density at radius 2 is 2.06 bits per heavy atom. The Labute approximate surface area is 185 Å². The number of carbonyl (C=O) groups excluding carboxylic acids is 1. The molecule has 31 heavy (non-hydrogen) atoms. The van der Waals surface area contributed by atoms with Crippen molar-refractivity contribution in [3.05, 3.63) is 58.2 Å². The van der Waals surface area contributed by atoms with Crippen molar-refractivity contribution < 1.29 is 14.3 Å². The van der Waals surface area contributed by atoms with Crippen molar-refractivity contribution in [3.8, 4) is 5.75 Å². The number of aromatic nitrogens is 4. The van der Waals surface area contributed by atoms with Gasteiger partial charge in [-0.2, -0.15) is 5.10 Å². The topological polar surface area (TPSA) is 90.3 Å². The molecule has 0 spiro atoms. The lowest BCUT2D eigenvalue weighted by molar-refractivity contribution is -0.128. The second-order valence-electron chi connectivity index (χ2n) is 7.51. The van der Waals surface area contributed by atoms with Crippen molar-refractivity contribution in [3.63, 3.8) is 0 Å². The van der Waals surface area contributed by atoms with Crippen molar-refractivity contribution in [2.24, 2.45) is 5.92 Å². The molecule has 4 rings (SSSR count). The number of rotatable bonds is 9. The van der Waals surface area contributed by atoms with Gasteiger partial charge in [-0.15, -0.1) is 26.6 Å². The maximum Gasteiger partial charge on any atom is 0.172 e. The maximum absolute atomic E-state index is 12.9. The van der Waals surface area contributed by atoms with E-state index in [4.69, 9.17) is 9.47 Å². The Bertz CT molecular complexity index is 1010. The first-order valence-electron chi connectivity index (χ1n) is 10.2. The Hall–Kier alpha value is -2.91. The number of carbonyl (C=O) groups is 1.